The molecule has 2 rings (SSSR count). The third kappa shape index (κ3) is 2.69. The van der Waals surface area contributed by atoms with E-state index in [1.165, 1.54) is 6.08 Å². The van der Waals surface area contributed by atoms with Gasteiger partial charge >= 0.3 is 5.97 Å². The van der Waals surface area contributed by atoms with Crippen LogP contribution >= 0.6 is 0 Å². The average molecular weight is 273 g/mol. The van der Waals surface area contributed by atoms with Gasteiger partial charge in [0.25, 0.3) is 0 Å². The number of esters is 1. The van der Waals surface area contributed by atoms with Crippen LogP contribution < -0.4 is 4.74 Å². The second-order valence-corrected chi connectivity index (χ2v) is 4.02. The first-order chi connectivity index (χ1) is 9.67. The summed E-state index contributed by atoms with van der Waals surface area (Å²) in [6.07, 6.45) is 1.50. The fourth-order valence-electron chi connectivity index (χ4n) is 1.69. The lowest BCUT2D eigenvalue weighted by Crippen LogP contribution is -2.08. The Balaban J connectivity index is 2.27. The molecule has 0 radical (unpaired) electrons. The number of rotatable bonds is 5. The number of benzene rings is 1. The van der Waals surface area contributed by atoms with Crippen molar-refractivity contribution >= 4 is 5.97 Å². The van der Waals surface area contributed by atoms with Gasteiger partial charge in [-0.05, 0) is 31.2 Å². The largest absolute Gasteiger partial charge is 0.497 e. The molecule has 1 heterocycles. The summed E-state index contributed by atoms with van der Waals surface area (Å²) in [7, 11) is 1.60. The zero-order valence-electron chi connectivity index (χ0n) is 11.4. The van der Waals surface area contributed by atoms with Crippen LogP contribution in [0.25, 0.3) is 5.69 Å². The maximum absolute atomic E-state index is 11.8. The van der Waals surface area contributed by atoms with E-state index in [2.05, 4.69) is 16.9 Å². The van der Waals surface area contributed by atoms with Gasteiger partial charge in [0.15, 0.2) is 5.69 Å². The molecular formula is C14H15N3O3. The SMILES string of the molecule is C=CCOC(=O)c1nnn(-c2ccc(OC)cc2)c1C. The maximum Gasteiger partial charge on any atom is 0.361 e. The molecule has 0 aliphatic carbocycles. The van der Waals surface area contributed by atoms with Crippen molar-refractivity contribution in [1.82, 2.24) is 15.0 Å². The van der Waals surface area contributed by atoms with Crippen LogP contribution in [0.4, 0.5) is 0 Å². The number of carbonyl (C=O) groups is 1. The first-order valence-electron chi connectivity index (χ1n) is 6.02. The maximum atomic E-state index is 11.8. The highest BCUT2D eigenvalue weighted by atomic mass is 16.5. The van der Waals surface area contributed by atoms with Crippen molar-refractivity contribution in [3.05, 3.63) is 48.3 Å². The van der Waals surface area contributed by atoms with Crippen LogP contribution in [0, 0.1) is 6.92 Å². The molecule has 1 aromatic heterocycles. The van der Waals surface area contributed by atoms with Gasteiger partial charge in [-0.2, -0.15) is 0 Å². The Morgan fingerprint density at radius 3 is 2.70 bits per heavy atom. The molecule has 2 aromatic rings. The van der Waals surface area contributed by atoms with Crippen molar-refractivity contribution < 1.29 is 14.3 Å². The first kappa shape index (κ1) is 13.8. The third-order valence-corrected chi connectivity index (χ3v) is 2.74. The minimum Gasteiger partial charge on any atom is -0.497 e. The molecule has 1 aromatic carbocycles. The van der Waals surface area contributed by atoms with Gasteiger partial charge in [-0.25, -0.2) is 9.48 Å². The molecule has 0 bridgehead atoms. The van der Waals surface area contributed by atoms with Crippen LogP contribution in [-0.4, -0.2) is 34.7 Å². The molecule has 20 heavy (non-hydrogen) atoms. The van der Waals surface area contributed by atoms with Crippen molar-refractivity contribution in [2.75, 3.05) is 13.7 Å². The fourth-order valence-corrected chi connectivity index (χ4v) is 1.69. The Hall–Kier alpha value is -2.63. The number of methoxy groups -OCH3 is 1. The summed E-state index contributed by atoms with van der Waals surface area (Å²) in [6, 6.07) is 7.29. The summed E-state index contributed by atoms with van der Waals surface area (Å²) >= 11 is 0. The van der Waals surface area contributed by atoms with E-state index in [1.54, 1.807) is 18.7 Å². The average Bonchev–Trinajstić information content (AvgIpc) is 2.86. The molecule has 0 N–H and O–H groups in total. The molecule has 0 aliphatic heterocycles. The summed E-state index contributed by atoms with van der Waals surface area (Å²) in [5, 5.41) is 7.83. The molecule has 0 unspecified atom stereocenters. The van der Waals surface area contributed by atoms with Gasteiger partial charge in [0.05, 0.1) is 18.5 Å². The van der Waals surface area contributed by atoms with Gasteiger partial charge in [0.1, 0.15) is 12.4 Å². The summed E-state index contributed by atoms with van der Waals surface area (Å²) in [5.41, 5.74) is 1.60. The van der Waals surface area contributed by atoms with Gasteiger partial charge in [-0.3, -0.25) is 0 Å². The van der Waals surface area contributed by atoms with Crippen LogP contribution in [0.1, 0.15) is 16.2 Å². The Morgan fingerprint density at radius 2 is 2.10 bits per heavy atom. The van der Waals surface area contributed by atoms with Crippen molar-refractivity contribution in [3.8, 4) is 11.4 Å². The molecule has 0 saturated heterocycles. The van der Waals surface area contributed by atoms with Gasteiger partial charge in [-0.1, -0.05) is 17.9 Å². The summed E-state index contributed by atoms with van der Waals surface area (Å²) in [4.78, 5) is 11.8. The van der Waals surface area contributed by atoms with E-state index in [0.717, 1.165) is 11.4 Å². The summed E-state index contributed by atoms with van der Waals surface area (Å²) < 4.78 is 11.6. The van der Waals surface area contributed by atoms with Crippen molar-refractivity contribution in [2.45, 2.75) is 6.92 Å². The lowest BCUT2D eigenvalue weighted by Gasteiger charge is -2.05. The Kier molecular flexibility index (Phi) is 4.14. The van der Waals surface area contributed by atoms with Crippen molar-refractivity contribution in [1.29, 1.82) is 0 Å². The van der Waals surface area contributed by atoms with Gasteiger partial charge < -0.3 is 9.47 Å². The fraction of sp³-hybridized carbons (Fsp3) is 0.214. The van der Waals surface area contributed by atoms with Crippen LogP contribution in [0.5, 0.6) is 5.75 Å². The lowest BCUT2D eigenvalue weighted by atomic mass is 10.3. The highest BCUT2D eigenvalue weighted by Crippen LogP contribution is 2.17. The van der Waals surface area contributed by atoms with Gasteiger partial charge in [0.2, 0.25) is 0 Å². The predicted molar refractivity (Wildman–Crippen MR) is 73.1 cm³/mol. The Labute approximate surface area is 116 Å². The zero-order valence-corrected chi connectivity index (χ0v) is 11.4. The topological polar surface area (TPSA) is 66.2 Å². The number of hydrogen-bond donors (Lipinski definition) is 0. The smallest absolute Gasteiger partial charge is 0.361 e. The van der Waals surface area contributed by atoms with E-state index < -0.39 is 5.97 Å². The molecule has 6 nitrogen and oxygen atoms in total. The van der Waals surface area contributed by atoms with Crippen molar-refractivity contribution in [2.24, 2.45) is 0 Å². The molecule has 0 aliphatic rings. The molecule has 0 atom stereocenters. The van der Waals surface area contributed by atoms with Crippen LogP contribution in [0.3, 0.4) is 0 Å². The molecule has 0 fully saturated rings. The molecular weight excluding hydrogens is 258 g/mol. The molecule has 0 amide bonds. The molecule has 0 saturated carbocycles. The van der Waals surface area contributed by atoms with E-state index in [-0.39, 0.29) is 12.3 Å². The minimum atomic E-state index is -0.512. The summed E-state index contributed by atoms with van der Waals surface area (Å²) in [5.74, 6) is 0.235. The van der Waals surface area contributed by atoms with E-state index in [1.807, 2.05) is 24.3 Å². The zero-order chi connectivity index (χ0) is 14.5. The van der Waals surface area contributed by atoms with Crippen LogP contribution in [0.2, 0.25) is 0 Å². The standard InChI is InChI=1S/C14H15N3O3/c1-4-9-20-14(18)13-10(2)17(16-15-13)11-5-7-12(19-3)8-6-11/h4-8H,1,9H2,2-3H3. The number of carbonyl (C=O) groups excluding carboxylic acids is 1. The molecule has 6 heteroatoms. The first-order valence-corrected chi connectivity index (χ1v) is 6.02. The highest BCUT2D eigenvalue weighted by Gasteiger charge is 2.18. The normalized spacial score (nSPS) is 10.1. The van der Waals surface area contributed by atoms with E-state index in [9.17, 15) is 4.79 Å². The second kappa shape index (κ2) is 6.01. The monoisotopic (exact) mass is 273 g/mol. The van der Waals surface area contributed by atoms with E-state index in [4.69, 9.17) is 9.47 Å². The van der Waals surface area contributed by atoms with Crippen LogP contribution in [0.15, 0.2) is 36.9 Å². The number of hydrogen-bond acceptors (Lipinski definition) is 5. The molecule has 0 spiro atoms. The quantitative estimate of drug-likeness (QED) is 0.615. The van der Waals surface area contributed by atoms with Crippen LogP contribution in [-0.2, 0) is 4.74 Å². The number of nitrogens with zero attached hydrogens (tertiary/aromatic N) is 3. The minimum absolute atomic E-state index is 0.146. The molecule has 104 valence electrons. The lowest BCUT2D eigenvalue weighted by molar-refractivity contribution is 0.0542. The number of aromatic nitrogens is 3. The van der Waals surface area contributed by atoms with E-state index >= 15 is 0 Å². The third-order valence-electron chi connectivity index (χ3n) is 2.74. The second-order valence-electron chi connectivity index (χ2n) is 4.02. The summed E-state index contributed by atoms with van der Waals surface area (Å²) in [6.45, 7) is 5.39. The highest BCUT2D eigenvalue weighted by molar-refractivity contribution is 5.88. The predicted octanol–water partition coefficient (Wildman–Crippen LogP) is 1.93. The van der Waals surface area contributed by atoms with Crippen molar-refractivity contribution in [3.63, 3.8) is 0 Å². The van der Waals surface area contributed by atoms with Gasteiger partial charge in [-0.15, -0.1) is 5.10 Å². The number of ether oxygens (including phenoxy) is 2. The van der Waals surface area contributed by atoms with E-state index in [0.29, 0.717) is 5.69 Å². The van der Waals surface area contributed by atoms with Gasteiger partial charge in [0, 0.05) is 0 Å². The Morgan fingerprint density at radius 1 is 1.40 bits per heavy atom. The Bertz CT molecular complexity index is 617.